The summed E-state index contributed by atoms with van der Waals surface area (Å²) in [4.78, 5) is 37.3. The first-order chi connectivity index (χ1) is 15.4. The van der Waals surface area contributed by atoms with Crippen LogP contribution in [0.15, 0.2) is 77.7 Å². The molecule has 0 aliphatic heterocycles. The van der Waals surface area contributed by atoms with Crippen LogP contribution in [-0.2, 0) is 4.79 Å². The quantitative estimate of drug-likeness (QED) is 0.427. The molecule has 0 saturated carbocycles. The number of carboxylic acids is 1. The lowest BCUT2D eigenvalue weighted by Crippen LogP contribution is -2.22. The van der Waals surface area contributed by atoms with Crippen LogP contribution in [-0.4, -0.2) is 35.2 Å². The van der Waals surface area contributed by atoms with Crippen LogP contribution in [0, 0.1) is 0 Å². The van der Waals surface area contributed by atoms with E-state index < -0.39 is 17.1 Å². The SMILES string of the molecule is COc1ccccc1NC(=O)C(C)Sc1cccc(NC(=O)c2ccccc2C(=O)O)c1. The van der Waals surface area contributed by atoms with Gasteiger partial charge in [-0.15, -0.1) is 11.8 Å². The highest BCUT2D eigenvalue weighted by Gasteiger charge is 2.18. The fourth-order valence-corrected chi connectivity index (χ4v) is 3.88. The highest BCUT2D eigenvalue weighted by molar-refractivity contribution is 8.00. The Kier molecular flexibility index (Phi) is 7.51. The lowest BCUT2D eigenvalue weighted by molar-refractivity contribution is -0.115. The van der Waals surface area contributed by atoms with Crippen LogP contribution in [0.3, 0.4) is 0 Å². The molecule has 0 aliphatic carbocycles. The fourth-order valence-electron chi connectivity index (χ4n) is 2.95. The van der Waals surface area contributed by atoms with Crippen LogP contribution >= 0.6 is 11.8 Å². The molecular weight excluding hydrogens is 428 g/mol. The Bertz CT molecular complexity index is 1150. The number of thioether (sulfide) groups is 1. The maximum absolute atomic E-state index is 12.6. The summed E-state index contributed by atoms with van der Waals surface area (Å²) < 4.78 is 5.26. The molecule has 2 amide bonds. The molecule has 1 unspecified atom stereocenters. The van der Waals surface area contributed by atoms with Crippen molar-refractivity contribution in [2.75, 3.05) is 17.7 Å². The highest BCUT2D eigenvalue weighted by atomic mass is 32.2. The zero-order valence-corrected chi connectivity index (χ0v) is 18.3. The van der Waals surface area contributed by atoms with Crippen molar-refractivity contribution >= 4 is 40.9 Å². The number of amides is 2. The third-order valence-corrected chi connectivity index (χ3v) is 5.63. The lowest BCUT2D eigenvalue weighted by atomic mass is 10.1. The van der Waals surface area contributed by atoms with Crippen molar-refractivity contribution in [3.63, 3.8) is 0 Å². The summed E-state index contributed by atoms with van der Waals surface area (Å²) in [5.41, 5.74) is 1.09. The van der Waals surface area contributed by atoms with Crippen LogP contribution in [0.25, 0.3) is 0 Å². The Morgan fingerprint density at radius 1 is 0.906 bits per heavy atom. The third-order valence-electron chi connectivity index (χ3n) is 4.54. The third kappa shape index (κ3) is 5.67. The van der Waals surface area contributed by atoms with Crippen molar-refractivity contribution in [2.45, 2.75) is 17.1 Å². The number of carbonyl (C=O) groups excluding carboxylic acids is 2. The number of carboxylic acid groups (broad SMARTS) is 1. The summed E-state index contributed by atoms with van der Waals surface area (Å²) in [6.07, 6.45) is 0. The van der Waals surface area contributed by atoms with Crippen molar-refractivity contribution in [3.8, 4) is 5.75 Å². The van der Waals surface area contributed by atoms with Gasteiger partial charge in [-0.2, -0.15) is 0 Å². The maximum Gasteiger partial charge on any atom is 0.336 e. The van der Waals surface area contributed by atoms with E-state index in [1.54, 1.807) is 49.4 Å². The minimum Gasteiger partial charge on any atom is -0.495 e. The Morgan fingerprint density at radius 3 is 2.31 bits per heavy atom. The molecule has 3 rings (SSSR count). The average Bonchev–Trinajstić information content (AvgIpc) is 2.79. The first-order valence-electron chi connectivity index (χ1n) is 9.73. The number of rotatable bonds is 8. The Hall–Kier alpha value is -3.78. The summed E-state index contributed by atoms with van der Waals surface area (Å²) in [5.74, 6) is -1.31. The molecule has 0 spiro atoms. The van der Waals surface area contributed by atoms with Gasteiger partial charge >= 0.3 is 5.97 Å². The molecule has 3 aromatic rings. The normalized spacial score (nSPS) is 11.3. The van der Waals surface area contributed by atoms with Gasteiger partial charge in [0.1, 0.15) is 5.75 Å². The number of carbonyl (C=O) groups is 3. The molecule has 32 heavy (non-hydrogen) atoms. The van der Waals surface area contributed by atoms with Crippen molar-refractivity contribution in [1.29, 1.82) is 0 Å². The van der Waals surface area contributed by atoms with Gasteiger partial charge in [-0.05, 0) is 49.4 Å². The molecule has 0 fully saturated rings. The first kappa shape index (κ1) is 22.9. The molecular formula is C24H22N2O5S. The Balaban J connectivity index is 1.68. The van der Waals surface area contributed by atoms with Gasteiger partial charge in [0.05, 0.1) is 29.2 Å². The smallest absolute Gasteiger partial charge is 0.336 e. The Morgan fingerprint density at radius 2 is 1.59 bits per heavy atom. The summed E-state index contributed by atoms with van der Waals surface area (Å²) in [7, 11) is 1.54. The number of nitrogens with one attached hydrogen (secondary N) is 2. The second-order valence-corrected chi connectivity index (χ2v) is 8.20. The standard InChI is InChI=1S/C24H22N2O5S/c1-15(22(27)26-20-12-5-6-13-21(20)31-2)32-17-9-7-8-16(14-17)25-23(28)18-10-3-4-11-19(18)24(29)30/h3-15H,1-2H3,(H,25,28)(H,26,27)(H,29,30). The largest absolute Gasteiger partial charge is 0.495 e. The molecule has 7 nitrogen and oxygen atoms in total. The zero-order chi connectivity index (χ0) is 23.1. The summed E-state index contributed by atoms with van der Waals surface area (Å²) in [6, 6.07) is 20.2. The number of methoxy groups -OCH3 is 1. The van der Waals surface area contributed by atoms with E-state index in [-0.39, 0.29) is 17.0 Å². The van der Waals surface area contributed by atoms with Crippen molar-refractivity contribution in [1.82, 2.24) is 0 Å². The number of aromatic carboxylic acids is 1. The van der Waals surface area contributed by atoms with Gasteiger partial charge in [-0.1, -0.05) is 30.3 Å². The zero-order valence-electron chi connectivity index (χ0n) is 17.5. The van der Waals surface area contributed by atoms with Crippen molar-refractivity contribution < 1.29 is 24.2 Å². The number of hydrogen-bond donors (Lipinski definition) is 3. The van der Waals surface area contributed by atoms with E-state index in [4.69, 9.17) is 4.74 Å². The van der Waals surface area contributed by atoms with Gasteiger partial charge in [0.2, 0.25) is 5.91 Å². The second kappa shape index (κ2) is 10.5. The summed E-state index contributed by atoms with van der Waals surface area (Å²) in [6.45, 7) is 1.78. The van der Waals surface area contributed by atoms with E-state index in [1.165, 1.54) is 31.0 Å². The molecule has 0 radical (unpaired) electrons. The number of hydrogen-bond acceptors (Lipinski definition) is 5. The van der Waals surface area contributed by atoms with Crippen molar-refractivity contribution in [2.24, 2.45) is 0 Å². The van der Waals surface area contributed by atoms with E-state index in [0.29, 0.717) is 17.1 Å². The van der Waals surface area contributed by atoms with Crippen molar-refractivity contribution in [3.05, 3.63) is 83.9 Å². The lowest BCUT2D eigenvalue weighted by Gasteiger charge is -2.15. The number of para-hydroxylation sites is 2. The van der Waals surface area contributed by atoms with Crippen LogP contribution in [0.5, 0.6) is 5.75 Å². The van der Waals surface area contributed by atoms with Crippen LogP contribution in [0.4, 0.5) is 11.4 Å². The topological polar surface area (TPSA) is 105 Å². The minimum absolute atomic E-state index is 0.0719. The Labute approximate surface area is 189 Å². The average molecular weight is 451 g/mol. The predicted molar refractivity (Wildman–Crippen MR) is 125 cm³/mol. The molecule has 3 aromatic carbocycles. The highest BCUT2D eigenvalue weighted by Crippen LogP contribution is 2.29. The van der Waals surface area contributed by atoms with Crippen LogP contribution in [0.1, 0.15) is 27.6 Å². The first-order valence-corrected chi connectivity index (χ1v) is 10.6. The molecule has 0 aromatic heterocycles. The molecule has 8 heteroatoms. The molecule has 0 heterocycles. The monoisotopic (exact) mass is 450 g/mol. The molecule has 1 atom stereocenters. The summed E-state index contributed by atoms with van der Waals surface area (Å²) in [5, 5.41) is 14.4. The van der Waals surface area contributed by atoms with Gasteiger partial charge in [-0.25, -0.2) is 4.79 Å². The maximum atomic E-state index is 12.6. The number of ether oxygens (including phenoxy) is 1. The van der Waals surface area contributed by atoms with Gasteiger partial charge in [0.25, 0.3) is 5.91 Å². The second-order valence-electron chi connectivity index (χ2n) is 6.78. The minimum atomic E-state index is -1.17. The van der Waals surface area contributed by atoms with Gasteiger partial charge in [-0.3, -0.25) is 9.59 Å². The van der Waals surface area contributed by atoms with Crippen LogP contribution in [0.2, 0.25) is 0 Å². The van der Waals surface area contributed by atoms with Gasteiger partial charge < -0.3 is 20.5 Å². The van der Waals surface area contributed by atoms with E-state index in [1.807, 2.05) is 18.2 Å². The van der Waals surface area contributed by atoms with E-state index in [9.17, 15) is 19.5 Å². The fraction of sp³-hybridized carbons (Fsp3) is 0.125. The van der Waals surface area contributed by atoms with E-state index in [0.717, 1.165) is 4.90 Å². The summed E-state index contributed by atoms with van der Waals surface area (Å²) >= 11 is 1.33. The van der Waals surface area contributed by atoms with E-state index >= 15 is 0 Å². The van der Waals surface area contributed by atoms with Gasteiger partial charge in [0, 0.05) is 10.6 Å². The predicted octanol–water partition coefficient (Wildman–Crippen LogP) is 4.77. The van der Waals surface area contributed by atoms with E-state index in [2.05, 4.69) is 10.6 Å². The molecule has 0 aliphatic rings. The molecule has 164 valence electrons. The van der Waals surface area contributed by atoms with Gasteiger partial charge in [0.15, 0.2) is 0 Å². The molecule has 0 saturated heterocycles. The van der Waals surface area contributed by atoms with Crippen LogP contribution < -0.4 is 15.4 Å². The molecule has 0 bridgehead atoms. The number of anilines is 2. The number of benzene rings is 3. The molecule has 3 N–H and O–H groups in total.